The van der Waals surface area contributed by atoms with E-state index >= 15 is 0 Å². The Morgan fingerprint density at radius 3 is 2.85 bits per heavy atom. The lowest BCUT2D eigenvalue weighted by atomic mass is 9.69. The van der Waals surface area contributed by atoms with Gasteiger partial charge in [-0.05, 0) is 61.5 Å². The summed E-state index contributed by atoms with van der Waals surface area (Å²) in [7, 11) is 0. The van der Waals surface area contributed by atoms with Crippen LogP contribution in [0, 0.1) is 22.7 Å². The van der Waals surface area contributed by atoms with Crippen molar-refractivity contribution in [1.82, 2.24) is 14.8 Å². The first-order chi connectivity index (χ1) is 16.2. The van der Waals surface area contributed by atoms with Crippen molar-refractivity contribution in [3.05, 3.63) is 33.5 Å². The van der Waals surface area contributed by atoms with Crippen LogP contribution in [0.5, 0.6) is 0 Å². The van der Waals surface area contributed by atoms with Crippen LogP contribution in [0.2, 0.25) is 0 Å². The number of amides is 1. The molecule has 1 aliphatic carbocycles. The summed E-state index contributed by atoms with van der Waals surface area (Å²) < 4.78 is 2.07. The molecule has 0 fully saturated rings. The number of nitrogens with one attached hydrogen (secondary N) is 1. The van der Waals surface area contributed by atoms with Crippen molar-refractivity contribution in [1.29, 1.82) is 5.26 Å². The lowest BCUT2D eigenvalue weighted by molar-refractivity contribution is -0.113. The number of fused-ring (bicyclic) bond motifs is 1. The SMILES string of the molecule is CCC(C)(C)C1CCc2c(sc(NC(=O)CSc3nnc(-c4cccs4)n3C(C)C)c2C#N)C1. The minimum atomic E-state index is -0.124. The average molecular weight is 514 g/mol. The van der Waals surface area contributed by atoms with E-state index in [1.165, 1.54) is 16.6 Å². The Kier molecular flexibility index (Phi) is 7.51. The van der Waals surface area contributed by atoms with E-state index in [0.717, 1.165) is 47.1 Å². The van der Waals surface area contributed by atoms with Gasteiger partial charge in [0.05, 0.1) is 16.2 Å². The molecule has 0 saturated heterocycles. The van der Waals surface area contributed by atoms with Gasteiger partial charge < -0.3 is 5.32 Å². The summed E-state index contributed by atoms with van der Waals surface area (Å²) >= 11 is 4.59. The summed E-state index contributed by atoms with van der Waals surface area (Å²) in [5.41, 5.74) is 2.07. The maximum Gasteiger partial charge on any atom is 0.235 e. The van der Waals surface area contributed by atoms with Crippen molar-refractivity contribution < 1.29 is 4.79 Å². The number of thioether (sulfide) groups is 1. The van der Waals surface area contributed by atoms with Crippen molar-refractivity contribution in [2.75, 3.05) is 11.1 Å². The van der Waals surface area contributed by atoms with Crippen LogP contribution in [0.3, 0.4) is 0 Å². The molecule has 1 atom stereocenters. The first kappa shape index (κ1) is 25.0. The Balaban J connectivity index is 1.46. The molecule has 1 amide bonds. The zero-order chi connectivity index (χ0) is 24.5. The van der Waals surface area contributed by atoms with Crippen LogP contribution in [0.1, 0.15) is 69.5 Å². The van der Waals surface area contributed by atoms with Gasteiger partial charge in [0.25, 0.3) is 0 Å². The number of thiophene rings is 2. The van der Waals surface area contributed by atoms with Crippen LogP contribution in [0.4, 0.5) is 5.00 Å². The molecule has 9 heteroatoms. The van der Waals surface area contributed by atoms with Crippen LogP contribution in [-0.4, -0.2) is 26.4 Å². The second kappa shape index (κ2) is 10.2. The Morgan fingerprint density at radius 1 is 1.41 bits per heavy atom. The summed E-state index contributed by atoms with van der Waals surface area (Å²) in [5, 5.41) is 25.0. The number of anilines is 1. The van der Waals surface area contributed by atoms with Crippen molar-refractivity contribution in [2.24, 2.45) is 11.3 Å². The molecule has 0 radical (unpaired) electrons. The molecule has 34 heavy (non-hydrogen) atoms. The highest BCUT2D eigenvalue weighted by Gasteiger charge is 2.34. The third-order valence-corrected chi connectivity index (χ3v) is 9.88. The molecule has 6 nitrogen and oxygen atoms in total. The van der Waals surface area contributed by atoms with Gasteiger partial charge >= 0.3 is 0 Å². The Morgan fingerprint density at radius 2 is 2.21 bits per heavy atom. The molecule has 1 unspecified atom stereocenters. The molecule has 3 heterocycles. The standard InChI is InChI=1S/C25H31N5OS3/c1-6-25(4,5)16-9-10-17-18(13-26)23(34-20(17)12-16)27-21(31)14-33-24-29-28-22(30(24)15(2)3)19-8-7-11-32-19/h7-8,11,15-16H,6,9-10,12,14H2,1-5H3,(H,27,31). The first-order valence-corrected chi connectivity index (χ1v) is 14.4. The van der Waals surface area contributed by atoms with E-state index in [1.807, 2.05) is 17.5 Å². The van der Waals surface area contributed by atoms with E-state index in [4.69, 9.17) is 0 Å². The highest BCUT2D eigenvalue weighted by Crippen LogP contribution is 2.45. The van der Waals surface area contributed by atoms with Crippen molar-refractivity contribution >= 4 is 45.3 Å². The summed E-state index contributed by atoms with van der Waals surface area (Å²) in [6, 6.07) is 6.56. The summed E-state index contributed by atoms with van der Waals surface area (Å²) in [6.07, 6.45) is 4.14. The first-order valence-electron chi connectivity index (χ1n) is 11.7. The van der Waals surface area contributed by atoms with Crippen LogP contribution in [0.15, 0.2) is 22.7 Å². The van der Waals surface area contributed by atoms with Gasteiger partial charge in [-0.3, -0.25) is 9.36 Å². The van der Waals surface area contributed by atoms with Gasteiger partial charge in [0.1, 0.15) is 11.1 Å². The highest BCUT2D eigenvalue weighted by atomic mass is 32.2. The van der Waals surface area contributed by atoms with Gasteiger partial charge in [0.2, 0.25) is 5.91 Å². The Hall–Kier alpha value is -2.15. The predicted molar refractivity (Wildman–Crippen MR) is 142 cm³/mol. The third kappa shape index (κ3) is 4.95. The smallest absolute Gasteiger partial charge is 0.235 e. The molecular weight excluding hydrogens is 483 g/mol. The maximum absolute atomic E-state index is 12.9. The van der Waals surface area contributed by atoms with Gasteiger partial charge in [0.15, 0.2) is 11.0 Å². The van der Waals surface area contributed by atoms with Gasteiger partial charge in [-0.1, -0.05) is 45.0 Å². The second-order valence-electron chi connectivity index (χ2n) is 9.69. The fraction of sp³-hybridized carbons (Fsp3) is 0.520. The monoisotopic (exact) mass is 513 g/mol. The quantitative estimate of drug-likeness (QED) is 0.335. The summed E-state index contributed by atoms with van der Waals surface area (Å²) in [6.45, 7) is 11.1. The third-order valence-electron chi connectivity index (χ3n) is 6.90. The number of nitrogens with zero attached hydrogens (tertiary/aromatic N) is 4. The molecule has 0 saturated carbocycles. The maximum atomic E-state index is 12.9. The Bertz CT molecular complexity index is 1200. The number of carbonyl (C=O) groups is 1. The average Bonchev–Trinajstić information content (AvgIpc) is 3.54. The number of hydrogen-bond acceptors (Lipinski definition) is 7. The van der Waals surface area contributed by atoms with E-state index in [2.05, 4.69) is 60.8 Å². The fourth-order valence-electron chi connectivity index (χ4n) is 4.46. The normalized spacial score (nSPS) is 15.9. The van der Waals surface area contributed by atoms with E-state index in [1.54, 1.807) is 22.7 Å². The number of nitriles is 1. The van der Waals surface area contributed by atoms with Crippen molar-refractivity contribution in [3.63, 3.8) is 0 Å². The van der Waals surface area contributed by atoms with Crippen molar-refractivity contribution in [2.45, 2.75) is 71.5 Å². The topological polar surface area (TPSA) is 83.6 Å². The molecule has 4 rings (SSSR count). The lowest BCUT2D eigenvalue weighted by Gasteiger charge is -2.36. The highest BCUT2D eigenvalue weighted by molar-refractivity contribution is 7.99. The predicted octanol–water partition coefficient (Wildman–Crippen LogP) is 6.79. The minimum absolute atomic E-state index is 0.124. The van der Waals surface area contributed by atoms with Crippen LogP contribution in [0.25, 0.3) is 10.7 Å². The molecule has 3 aromatic heterocycles. The Labute approximate surface area is 213 Å². The van der Waals surface area contributed by atoms with E-state index < -0.39 is 0 Å². The van der Waals surface area contributed by atoms with Crippen molar-refractivity contribution in [3.8, 4) is 16.8 Å². The minimum Gasteiger partial charge on any atom is -0.316 e. The zero-order valence-electron chi connectivity index (χ0n) is 20.3. The van der Waals surface area contributed by atoms with Gasteiger partial charge in [-0.15, -0.1) is 32.9 Å². The molecule has 0 aromatic carbocycles. The molecular formula is C25H31N5OS3. The molecule has 1 aliphatic rings. The molecule has 0 aliphatic heterocycles. The van der Waals surface area contributed by atoms with Crippen LogP contribution >= 0.6 is 34.4 Å². The van der Waals surface area contributed by atoms with Crippen LogP contribution < -0.4 is 5.32 Å². The molecule has 3 aromatic rings. The second-order valence-corrected chi connectivity index (χ2v) is 12.7. The van der Waals surface area contributed by atoms with E-state index in [-0.39, 0.29) is 23.1 Å². The summed E-state index contributed by atoms with van der Waals surface area (Å²) in [4.78, 5) is 15.2. The number of aromatic nitrogens is 3. The van der Waals surface area contributed by atoms with E-state index in [9.17, 15) is 10.1 Å². The number of rotatable bonds is 8. The number of hydrogen-bond donors (Lipinski definition) is 1. The van der Waals surface area contributed by atoms with E-state index in [0.29, 0.717) is 16.5 Å². The largest absolute Gasteiger partial charge is 0.316 e. The van der Waals surface area contributed by atoms with Crippen LogP contribution in [-0.2, 0) is 17.6 Å². The van der Waals surface area contributed by atoms with Gasteiger partial charge in [-0.25, -0.2) is 0 Å². The van der Waals surface area contributed by atoms with Gasteiger partial charge in [-0.2, -0.15) is 5.26 Å². The molecule has 1 N–H and O–H groups in total. The molecule has 0 bridgehead atoms. The molecule has 0 spiro atoms. The fourth-order valence-corrected chi connectivity index (χ4v) is 7.32. The zero-order valence-corrected chi connectivity index (χ0v) is 22.8. The van der Waals surface area contributed by atoms with Gasteiger partial charge in [0, 0.05) is 10.9 Å². The number of carbonyl (C=O) groups excluding carboxylic acids is 1. The lowest BCUT2D eigenvalue weighted by Crippen LogP contribution is -2.28. The summed E-state index contributed by atoms with van der Waals surface area (Å²) in [5.74, 6) is 1.53. The molecule has 180 valence electrons.